The number of nitrogens with zero attached hydrogens (tertiary/aromatic N) is 1. The van der Waals surface area contributed by atoms with Gasteiger partial charge in [0, 0.05) is 6.54 Å². The average Bonchev–Trinajstić information content (AvgIpc) is 2.75. The highest BCUT2D eigenvalue weighted by Gasteiger charge is 2.09. The van der Waals surface area contributed by atoms with Crippen molar-refractivity contribution in [3.63, 3.8) is 0 Å². The van der Waals surface area contributed by atoms with Crippen molar-refractivity contribution in [1.82, 2.24) is 4.98 Å². The standard InChI is InChI=1S/C13H16N2O4/c1-8(2)18-6-5-14-13-15-10-4-3-9(12(16)17)7-11(10)19-13/h3-4,7-8H,5-6H2,1-2H3,(H,14,15)(H,16,17). The number of benzene rings is 1. The molecular weight excluding hydrogens is 248 g/mol. The first-order valence-electron chi connectivity index (χ1n) is 6.05. The number of aromatic carboxylic acids is 1. The molecule has 19 heavy (non-hydrogen) atoms. The molecule has 2 N–H and O–H groups in total. The molecule has 0 aliphatic carbocycles. The van der Waals surface area contributed by atoms with Gasteiger partial charge in [0.05, 0.1) is 18.3 Å². The van der Waals surface area contributed by atoms with Gasteiger partial charge in [0.15, 0.2) is 5.58 Å². The topological polar surface area (TPSA) is 84.6 Å². The smallest absolute Gasteiger partial charge is 0.335 e. The highest BCUT2D eigenvalue weighted by molar-refractivity contribution is 5.92. The number of carbonyl (C=O) groups is 1. The number of fused-ring (bicyclic) bond motifs is 1. The third-order valence-electron chi connectivity index (χ3n) is 2.46. The van der Waals surface area contributed by atoms with E-state index < -0.39 is 5.97 Å². The summed E-state index contributed by atoms with van der Waals surface area (Å²) in [5.41, 5.74) is 1.25. The largest absolute Gasteiger partial charge is 0.478 e. The van der Waals surface area contributed by atoms with Gasteiger partial charge in [-0.2, -0.15) is 4.98 Å². The molecule has 2 aromatic rings. The zero-order chi connectivity index (χ0) is 13.8. The summed E-state index contributed by atoms with van der Waals surface area (Å²) < 4.78 is 10.8. The number of anilines is 1. The SMILES string of the molecule is CC(C)OCCNc1nc2ccc(C(=O)O)cc2o1. The number of hydrogen-bond donors (Lipinski definition) is 2. The Balaban J connectivity index is 2.03. The molecular formula is C13H16N2O4. The van der Waals surface area contributed by atoms with Crippen LogP contribution in [0.25, 0.3) is 11.1 Å². The third-order valence-corrected chi connectivity index (χ3v) is 2.46. The number of rotatable bonds is 6. The van der Waals surface area contributed by atoms with Crippen LogP contribution in [0.3, 0.4) is 0 Å². The van der Waals surface area contributed by atoms with Crippen molar-refractivity contribution < 1.29 is 19.1 Å². The van der Waals surface area contributed by atoms with Gasteiger partial charge >= 0.3 is 5.97 Å². The van der Waals surface area contributed by atoms with Crippen LogP contribution < -0.4 is 5.32 Å². The molecule has 0 unspecified atom stereocenters. The van der Waals surface area contributed by atoms with E-state index in [-0.39, 0.29) is 11.7 Å². The number of hydrogen-bond acceptors (Lipinski definition) is 5. The summed E-state index contributed by atoms with van der Waals surface area (Å²) >= 11 is 0. The van der Waals surface area contributed by atoms with Gasteiger partial charge in [0.2, 0.25) is 0 Å². The lowest BCUT2D eigenvalue weighted by atomic mass is 10.2. The fourth-order valence-electron chi connectivity index (χ4n) is 1.59. The lowest BCUT2D eigenvalue weighted by molar-refractivity contribution is 0.0697. The normalized spacial score (nSPS) is 11.1. The zero-order valence-electron chi connectivity index (χ0n) is 10.8. The minimum absolute atomic E-state index is 0.179. The molecule has 0 fully saturated rings. The molecule has 0 aliphatic rings. The molecule has 0 radical (unpaired) electrons. The summed E-state index contributed by atoms with van der Waals surface area (Å²) in [4.78, 5) is 15.0. The molecule has 0 aliphatic heterocycles. The molecule has 0 saturated carbocycles. The van der Waals surface area contributed by atoms with Crippen LogP contribution in [0.2, 0.25) is 0 Å². The Labute approximate surface area is 110 Å². The van der Waals surface area contributed by atoms with E-state index in [1.54, 1.807) is 6.07 Å². The number of oxazole rings is 1. The summed E-state index contributed by atoms with van der Waals surface area (Å²) in [5.74, 6) is -0.988. The van der Waals surface area contributed by atoms with Crippen LogP contribution in [-0.2, 0) is 4.74 Å². The minimum atomic E-state index is -0.988. The van der Waals surface area contributed by atoms with Crippen molar-refractivity contribution in [3.8, 4) is 0 Å². The zero-order valence-corrected chi connectivity index (χ0v) is 10.8. The van der Waals surface area contributed by atoms with Crippen molar-refractivity contribution in [1.29, 1.82) is 0 Å². The lowest BCUT2D eigenvalue weighted by Gasteiger charge is -2.06. The molecule has 1 aromatic carbocycles. The minimum Gasteiger partial charge on any atom is -0.478 e. The molecule has 102 valence electrons. The Bertz CT molecular complexity index is 577. The maximum Gasteiger partial charge on any atom is 0.335 e. The summed E-state index contributed by atoms with van der Waals surface area (Å²) in [5, 5.41) is 11.9. The summed E-state index contributed by atoms with van der Waals surface area (Å²) in [6.45, 7) is 5.06. The molecule has 1 heterocycles. The van der Waals surface area contributed by atoms with E-state index in [2.05, 4.69) is 10.3 Å². The molecule has 0 amide bonds. The van der Waals surface area contributed by atoms with E-state index in [0.717, 1.165) is 0 Å². The van der Waals surface area contributed by atoms with Crippen LogP contribution in [0.4, 0.5) is 6.01 Å². The van der Waals surface area contributed by atoms with Crippen molar-refractivity contribution in [2.24, 2.45) is 0 Å². The van der Waals surface area contributed by atoms with Gasteiger partial charge in [-0.05, 0) is 32.0 Å². The van der Waals surface area contributed by atoms with Crippen molar-refractivity contribution in [3.05, 3.63) is 23.8 Å². The predicted octanol–water partition coefficient (Wildman–Crippen LogP) is 2.36. The molecule has 1 aromatic heterocycles. The number of ether oxygens (including phenoxy) is 1. The second-order valence-corrected chi connectivity index (χ2v) is 4.35. The predicted molar refractivity (Wildman–Crippen MR) is 70.5 cm³/mol. The Morgan fingerprint density at radius 1 is 1.53 bits per heavy atom. The van der Waals surface area contributed by atoms with Gasteiger partial charge in [-0.3, -0.25) is 0 Å². The molecule has 0 saturated heterocycles. The first kappa shape index (κ1) is 13.4. The lowest BCUT2D eigenvalue weighted by Crippen LogP contribution is -2.13. The number of carboxylic acids is 1. The second kappa shape index (κ2) is 5.71. The average molecular weight is 264 g/mol. The van der Waals surface area contributed by atoms with Gasteiger partial charge in [0.1, 0.15) is 5.52 Å². The highest BCUT2D eigenvalue weighted by atomic mass is 16.5. The van der Waals surface area contributed by atoms with E-state index in [4.69, 9.17) is 14.3 Å². The van der Waals surface area contributed by atoms with E-state index in [9.17, 15) is 4.79 Å². The van der Waals surface area contributed by atoms with Crippen LogP contribution >= 0.6 is 0 Å². The molecule has 2 rings (SSSR count). The number of aromatic nitrogens is 1. The first-order valence-corrected chi connectivity index (χ1v) is 6.05. The molecule has 6 heteroatoms. The molecule has 0 spiro atoms. The Morgan fingerprint density at radius 3 is 3.00 bits per heavy atom. The molecule has 6 nitrogen and oxygen atoms in total. The van der Waals surface area contributed by atoms with Crippen molar-refractivity contribution in [2.45, 2.75) is 20.0 Å². The maximum atomic E-state index is 10.8. The van der Waals surface area contributed by atoms with Crippen LogP contribution in [0, 0.1) is 0 Å². The van der Waals surface area contributed by atoms with Gasteiger partial charge in [-0.1, -0.05) is 0 Å². The van der Waals surface area contributed by atoms with Crippen LogP contribution in [0.5, 0.6) is 0 Å². The van der Waals surface area contributed by atoms with Crippen LogP contribution in [0.1, 0.15) is 24.2 Å². The van der Waals surface area contributed by atoms with Crippen molar-refractivity contribution in [2.75, 3.05) is 18.5 Å². The quantitative estimate of drug-likeness (QED) is 0.779. The molecule has 0 bridgehead atoms. The van der Waals surface area contributed by atoms with Crippen LogP contribution in [-0.4, -0.2) is 35.3 Å². The fourth-order valence-corrected chi connectivity index (χ4v) is 1.59. The summed E-state index contributed by atoms with van der Waals surface area (Å²) in [6.07, 6.45) is 0.184. The molecule has 0 atom stereocenters. The van der Waals surface area contributed by atoms with Crippen LogP contribution in [0.15, 0.2) is 22.6 Å². The maximum absolute atomic E-state index is 10.8. The summed E-state index contributed by atoms with van der Waals surface area (Å²) in [6, 6.07) is 4.95. The highest BCUT2D eigenvalue weighted by Crippen LogP contribution is 2.20. The van der Waals surface area contributed by atoms with Gasteiger partial charge in [-0.15, -0.1) is 0 Å². The Morgan fingerprint density at radius 2 is 2.32 bits per heavy atom. The third kappa shape index (κ3) is 3.45. The van der Waals surface area contributed by atoms with Gasteiger partial charge in [-0.25, -0.2) is 4.79 Å². The van der Waals surface area contributed by atoms with Gasteiger partial charge < -0.3 is 19.6 Å². The van der Waals surface area contributed by atoms with Gasteiger partial charge in [0.25, 0.3) is 6.01 Å². The van der Waals surface area contributed by atoms with Crippen molar-refractivity contribution >= 4 is 23.1 Å². The monoisotopic (exact) mass is 264 g/mol. The Hall–Kier alpha value is -2.08. The van der Waals surface area contributed by atoms with E-state index in [1.165, 1.54) is 12.1 Å². The van der Waals surface area contributed by atoms with E-state index >= 15 is 0 Å². The fraction of sp³-hybridized carbons (Fsp3) is 0.385. The summed E-state index contributed by atoms with van der Waals surface area (Å²) in [7, 11) is 0. The second-order valence-electron chi connectivity index (χ2n) is 4.35. The number of carboxylic acid groups (broad SMARTS) is 1. The Kier molecular flexibility index (Phi) is 4.01. The first-order chi connectivity index (χ1) is 9.06. The number of nitrogens with one attached hydrogen (secondary N) is 1. The van der Waals surface area contributed by atoms with E-state index in [0.29, 0.717) is 30.3 Å². The van der Waals surface area contributed by atoms with E-state index in [1.807, 2.05) is 13.8 Å².